The van der Waals surface area contributed by atoms with E-state index in [1.165, 1.54) is 7.05 Å². The Morgan fingerprint density at radius 2 is 2.04 bits per heavy atom. The molecule has 0 fully saturated rings. The topological polar surface area (TPSA) is 96.7 Å². The summed E-state index contributed by atoms with van der Waals surface area (Å²) >= 11 is 0. The van der Waals surface area contributed by atoms with Crippen LogP contribution in [0.4, 0.5) is 0 Å². The molecule has 3 aromatic rings. The number of rotatable bonds is 3. The predicted molar refractivity (Wildman–Crippen MR) is 104 cm³/mol. The lowest BCUT2D eigenvalue weighted by molar-refractivity contribution is 0.0726. The maximum absolute atomic E-state index is 13.0. The summed E-state index contributed by atoms with van der Waals surface area (Å²) in [6.07, 6.45) is 2.27. The van der Waals surface area contributed by atoms with Gasteiger partial charge in [0.25, 0.3) is 5.91 Å². The zero-order chi connectivity index (χ0) is 20.1. The molecule has 1 N–H and O–H groups in total. The van der Waals surface area contributed by atoms with Crippen LogP contribution in [0.15, 0.2) is 35.4 Å². The van der Waals surface area contributed by atoms with Gasteiger partial charge >= 0.3 is 0 Å². The summed E-state index contributed by atoms with van der Waals surface area (Å²) in [5.74, 6) is -0.177. The third kappa shape index (κ3) is 3.06. The molecule has 9 heteroatoms. The summed E-state index contributed by atoms with van der Waals surface area (Å²) < 4.78 is 28.5. The van der Waals surface area contributed by atoms with Crippen molar-refractivity contribution in [3.05, 3.63) is 58.5 Å². The van der Waals surface area contributed by atoms with Gasteiger partial charge < -0.3 is 4.90 Å². The number of aromatic nitrogens is 3. The Kier molecular flexibility index (Phi) is 4.43. The van der Waals surface area contributed by atoms with Gasteiger partial charge in [0.15, 0.2) is 5.65 Å². The van der Waals surface area contributed by atoms with E-state index in [1.54, 1.807) is 33.8 Å². The number of amides is 1. The Bertz CT molecular complexity index is 1200. The Morgan fingerprint density at radius 1 is 1.25 bits per heavy atom. The minimum absolute atomic E-state index is 0.177. The van der Waals surface area contributed by atoms with Gasteiger partial charge in [0.2, 0.25) is 10.0 Å². The van der Waals surface area contributed by atoms with Gasteiger partial charge in [0.1, 0.15) is 5.69 Å². The van der Waals surface area contributed by atoms with Crippen LogP contribution in [-0.4, -0.2) is 47.4 Å². The number of carbonyl (C=O) groups is 1. The van der Waals surface area contributed by atoms with E-state index in [0.29, 0.717) is 25.2 Å². The summed E-state index contributed by atoms with van der Waals surface area (Å²) in [6.45, 7) is 4.57. The molecule has 0 saturated heterocycles. The van der Waals surface area contributed by atoms with Gasteiger partial charge in [-0.15, -0.1) is 0 Å². The molecule has 0 spiro atoms. The number of carbonyl (C=O) groups excluding carboxylic acids is 1. The van der Waals surface area contributed by atoms with Crippen LogP contribution >= 0.6 is 0 Å². The zero-order valence-corrected chi connectivity index (χ0v) is 16.7. The van der Waals surface area contributed by atoms with Crippen LogP contribution in [0.5, 0.6) is 0 Å². The number of nitrogens with zero attached hydrogens (tertiary/aromatic N) is 4. The van der Waals surface area contributed by atoms with Crippen molar-refractivity contribution in [3.8, 4) is 0 Å². The number of hydrogen-bond acceptors (Lipinski definition) is 5. The Labute approximate surface area is 163 Å². The van der Waals surface area contributed by atoms with Gasteiger partial charge in [-0.05, 0) is 56.1 Å². The number of nitrogens with one attached hydrogen (secondary N) is 1. The van der Waals surface area contributed by atoms with Crippen molar-refractivity contribution < 1.29 is 13.2 Å². The molecule has 1 aliphatic heterocycles. The molecular formula is C19H21N5O3S. The van der Waals surface area contributed by atoms with Crippen LogP contribution in [0.25, 0.3) is 5.65 Å². The summed E-state index contributed by atoms with van der Waals surface area (Å²) in [7, 11) is -2.14. The van der Waals surface area contributed by atoms with Crippen LogP contribution in [-0.2, 0) is 23.0 Å². The van der Waals surface area contributed by atoms with Crippen LogP contribution in [0, 0.1) is 13.8 Å². The monoisotopic (exact) mass is 399 g/mol. The van der Waals surface area contributed by atoms with E-state index in [1.807, 2.05) is 19.9 Å². The highest BCUT2D eigenvalue weighted by molar-refractivity contribution is 7.89. The Balaban J connectivity index is 1.66. The third-order valence-electron chi connectivity index (χ3n) is 5.02. The van der Waals surface area contributed by atoms with Crippen molar-refractivity contribution in [3.63, 3.8) is 0 Å². The maximum atomic E-state index is 13.0. The van der Waals surface area contributed by atoms with Gasteiger partial charge in [-0.3, -0.25) is 4.79 Å². The molecule has 0 aliphatic carbocycles. The lowest BCUT2D eigenvalue weighted by Crippen LogP contribution is -2.37. The highest BCUT2D eigenvalue weighted by Gasteiger charge is 2.27. The van der Waals surface area contributed by atoms with E-state index in [9.17, 15) is 13.2 Å². The molecule has 1 amide bonds. The van der Waals surface area contributed by atoms with Crippen molar-refractivity contribution in [2.24, 2.45) is 0 Å². The molecule has 0 radical (unpaired) electrons. The molecule has 0 saturated carbocycles. The standard InChI is InChI=1S/C19H21N5O3S/c1-12-9-16(22-24-10-13(2)21-18(12)24)19(25)23-8-7-15-14(11-23)5-4-6-17(15)28(26,27)20-3/h4-6,9-10,20H,7-8,11H2,1-3H3. The Hall–Kier alpha value is -2.78. The molecule has 2 aromatic heterocycles. The van der Waals surface area contributed by atoms with Gasteiger partial charge in [-0.2, -0.15) is 5.10 Å². The van der Waals surface area contributed by atoms with E-state index in [-0.39, 0.29) is 10.8 Å². The van der Waals surface area contributed by atoms with E-state index < -0.39 is 10.0 Å². The fourth-order valence-corrected chi connectivity index (χ4v) is 4.66. The average Bonchev–Trinajstić information content (AvgIpc) is 3.07. The molecular weight excluding hydrogens is 378 g/mol. The van der Waals surface area contributed by atoms with E-state index in [0.717, 1.165) is 28.0 Å². The molecule has 28 heavy (non-hydrogen) atoms. The molecule has 8 nitrogen and oxygen atoms in total. The quantitative estimate of drug-likeness (QED) is 0.719. The van der Waals surface area contributed by atoms with Crippen LogP contribution in [0.2, 0.25) is 0 Å². The summed E-state index contributed by atoms with van der Waals surface area (Å²) in [5.41, 5.74) is 4.42. The number of hydrogen-bond donors (Lipinski definition) is 1. The smallest absolute Gasteiger partial charge is 0.274 e. The highest BCUT2D eigenvalue weighted by Crippen LogP contribution is 2.26. The molecule has 4 rings (SSSR count). The third-order valence-corrected chi connectivity index (χ3v) is 6.52. The number of aryl methyl sites for hydroxylation is 2. The highest BCUT2D eigenvalue weighted by atomic mass is 32.2. The van der Waals surface area contributed by atoms with Crippen LogP contribution in [0.1, 0.15) is 32.9 Å². The van der Waals surface area contributed by atoms with Crippen LogP contribution in [0.3, 0.4) is 0 Å². The van der Waals surface area contributed by atoms with Gasteiger partial charge in [0, 0.05) is 13.1 Å². The first kappa shape index (κ1) is 18.6. The average molecular weight is 399 g/mol. The molecule has 0 unspecified atom stereocenters. The van der Waals surface area contributed by atoms with Gasteiger partial charge in [-0.1, -0.05) is 12.1 Å². The number of imidazole rings is 1. The molecule has 0 bridgehead atoms. The molecule has 0 atom stereocenters. The predicted octanol–water partition coefficient (Wildman–Crippen LogP) is 1.45. The summed E-state index contributed by atoms with van der Waals surface area (Å²) in [5, 5.41) is 4.42. The minimum Gasteiger partial charge on any atom is -0.333 e. The fraction of sp³-hybridized carbons (Fsp3) is 0.316. The van der Waals surface area contributed by atoms with E-state index >= 15 is 0 Å². The molecule has 146 valence electrons. The SMILES string of the molecule is CNS(=O)(=O)c1cccc2c1CCN(C(=O)c1cc(C)c3nc(C)cn3n1)C2. The normalized spacial score (nSPS) is 14.3. The number of fused-ring (bicyclic) bond motifs is 2. The zero-order valence-electron chi connectivity index (χ0n) is 15.9. The first-order chi connectivity index (χ1) is 13.3. The second kappa shape index (κ2) is 6.68. The second-order valence-electron chi connectivity index (χ2n) is 6.94. The summed E-state index contributed by atoms with van der Waals surface area (Å²) in [4.78, 5) is 19.4. The number of sulfonamides is 1. The van der Waals surface area contributed by atoms with Crippen molar-refractivity contribution in [2.75, 3.05) is 13.6 Å². The molecule has 1 aromatic carbocycles. The fourth-order valence-electron chi connectivity index (χ4n) is 3.62. The first-order valence-electron chi connectivity index (χ1n) is 8.97. The maximum Gasteiger partial charge on any atom is 0.274 e. The van der Waals surface area contributed by atoms with Crippen molar-refractivity contribution in [1.29, 1.82) is 0 Å². The van der Waals surface area contributed by atoms with Gasteiger partial charge in [0.05, 0.1) is 16.8 Å². The van der Waals surface area contributed by atoms with Crippen LogP contribution < -0.4 is 4.72 Å². The van der Waals surface area contributed by atoms with Gasteiger partial charge in [-0.25, -0.2) is 22.6 Å². The van der Waals surface area contributed by atoms with E-state index in [2.05, 4.69) is 14.8 Å². The Morgan fingerprint density at radius 3 is 2.79 bits per heavy atom. The van der Waals surface area contributed by atoms with Crippen molar-refractivity contribution >= 4 is 21.6 Å². The number of benzene rings is 1. The van der Waals surface area contributed by atoms with E-state index in [4.69, 9.17) is 0 Å². The summed E-state index contributed by atoms with van der Waals surface area (Å²) in [6, 6.07) is 6.92. The first-order valence-corrected chi connectivity index (χ1v) is 10.5. The van der Waals surface area contributed by atoms with Crippen molar-refractivity contribution in [2.45, 2.75) is 31.7 Å². The lowest BCUT2D eigenvalue weighted by atomic mass is 9.99. The molecule has 1 aliphatic rings. The largest absolute Gasteiger partial charge is 0.333 e. The van der Waals surface area contributed by atoms with Crippen molar-refractivity contribution in [1.82, 2.24) is 24.2 Å². The minimum atomic E-state index is -3.53. The second-order valence-corrected chi connectivity index (χ2v) is 8.80. The molecule has 3 heterocycles. The lowest BCUT2D eigenvalue weighted by Gasteiger charge is -2.29.